The molecule has 0 spiro atoms. The highest BCUT2D eigenvalue weighted by Gasteiger charge is 2.36. The van der Waals surface area contributed by atoms with E-state index in [1.807, 2.05) is 58.0 Å². The van der Waals surface area contributed by atoms with Gasteiger partial charge in [-0.1, -0.05) is 71.4 Å². The Labute approximate surface area is 303 Å². The maximum atomic E-state index is 14.0. The van der Waals surface area contributed by atoms with Gasteiger partial charge in [0, 0.05) is 50.2 Å². The SMILES string of the molecule is CC[C@H](C)[C@H](NC(=O)c1ncccn1)C(=O)N(C)C(C[C@@H](OC(C)=O)c1nc(C(=O)N[C@@H](Cc2ccccc2)C[C@H](C)C(=O)OC)cs1)C(C)C. The zero-order chi connectivity index (χ0) is 37.7. The van der Waals surface area contributed by atoms with Gasteiger partial charge in [-0.2, -0.15) is 0 Å². The molecule has 51 heavy (non-hydrogen) atoms. The molecule has 13 nitrogen and oxygen atoms in total. The number of nitrogens with zero attached hydrogens (tertiary/aromatic N) is 4. The number of esters is 2. The zero-order valence-electron chi connectivity index (χ0n) is 30.6. The lowest BCUT2D eigenvalue weighted by Gasteiger charge is -2.36. The van der Waals surface area contributed by atoms with E-state index in [-0.39, 0.29) is 47.7 Å². The van der Waals surface area contributed by atoms with E-state index in [2.05, 4.69) is 25.6 Å². The molecule has 2 N–H and O–H groups in total. The van der Waals surface area contributed by atoms with Gasteiger partial charge >= 0.3 is 11.9 Å². The lowest BCUT2D eigenvalue weighted by atomic mass is 9.93. The highest BCUT2D eigenvalue weighted by Crippen LogP contribution is 2.31. The topological polar surface area (TPSA) is 170 Å². The summed E-state index contributed by atoms with van der Waals surface area (Å²) in [5, 5.41) is 7.85. The van der Waals surface area contributed by atoms with Gasteiger partial charge in [0.1, 0.15) is 16.7 Å². The molecule has 0 aliphatic rings. The first-order chi connectivity index (χ1) is 24.2. The average molecular weight is 723 g/mol. The van der Waals surface area contributed by atoms with E-state index in [4.69, 9.17) is 9.47 Å². The van der Waals surface area contributed by atoms with Gasteiger partial charge in [-0.3, -0.25) is 24.0 Å². The van der Waals surface area contributed by atoms with Gasteiger partial charge in [-0.05, 0) is 36.3 Å². The van der Waals surface area contributed by atoms with Gasteiger partial charge in [0.05, 0.1) is 13.0 Å². The monoisotopic (exact) mass is 722 g/mol. The van der Waals surface area contributed by atoms with Crippen LogP contribution in [0.15, 0.2) is 54.2 Å². The summed E-state index contributed by atoms with van der Waals surface area (Å²) in [5.74, 6) is -2.97. The standard InChI is InChI=1S/C37H50N6O7S/c1-9-23(4)31(42-34(46)32-38-16-13-17-39-32)36(47)43(7)29(22(2)3)20-30(50-25(6)44)35-41-28(21-51-35)33(45)40-27(18-24(5)37(48)49-8)19-26-14-11-10-12-15-26/h10-17,21-24,27,29-31H,9,18-20H2,1-8H3,(H,40,45)(H,42,46)/t23-,24-,27+,29?,30+,31-/m0/s1. The van der Waals surface area contributed by atoms with Crippen LogP contribution in [0.4, 0.5) is 0 Å². The number of likely N-dealkylation sites (N-methyl/N-ethyl adjacent to an activating group) is 1. The third-order valence-electron chi connectivity index (χ3n) is 8.84. The molecule has 6 atom stereocenters. The molecule has 0 fully saturated rings. The van der Waals surface area contributed by atoms with Crippen LogP contribution < -0.4 is 10.6 Å². The van der Waals surface area contributed by atoms with Gasteiger partial charge in [-0.15, -0.1) is 11.3 Å². The van der Waals surface area contributed by atoms with Gasteiger partial charge in [0.25, 0.3) is 11.8 Å². The molecule has 0 radical (unpaired) electrons. The predicted molar refractivity (Wildman–Crippen MR) is 193 cm³/mol. The van der Waals surface area contributed by atoms with E-state index >= 15 is 0 Å². The Morgan fingerprint density at radius 1 is 0.922 bits per heavy atom. The van der Waals surface area contributed by atoms with Crippen molar-refractivity contribution in [3.63, 3.8) is 0 Å². The molecule has 2 heterocycles. The third kappa shape index (κ3) is 11.9. The second-order valence-corrected chi connectivity index (χ2v) is 14.0. The van der Waals surface area contributed by atoms with Crippen LogP contribution in [0.2, 0.25) is 0 Å². The first kappa shape index (κ1) is 40.7. The van der Waals surface area contributed by atoms with Crippen molar-refractivity contribution in [1.29, 1.82) is 0 Å². The molecular formula is C37H50N6O7S. The molecule has 0 aliphatic carbocycles. The predicted octanol–water partition coefficient (Wildman–Crippen LogP) is 4.80. The number of amides is 3. The van der Waals surface area contributed by atoms with E-state index in [9.17, 15) is 24.0 Å². The summed E-state index contributed by atoms with van der Waals surface area (Å²) < 4.78 is 10.7. The van der Waals surface area contributed by atoms with Crippen LogP contribution in [0.3, 0.4) is 0 Å². The first-order valence-corrected chi connectivity index (χ1v) is 18.0. The van der Waals surface area contributed by atoms with Crippen LogP contribution in [0, 0.1) is 17.8 Å². The van der Waals surface area contributed by atoms with Gasteiger partial charge in [0.15, 0.2) is 6.10 Å². The summed E-state index contributed by atoms with van der Waals surface area (Å²) in [6, 6.07) is 9.56. The van der Waals surface area contributed by atoms with E-state index in [1.54, 1.807) is 30.3 Å². The Bertz CT molecular complexity index is 1600. The molecule has 3 amide bonds. The minimum atomic E-state index is -0.856. The maximum absolute atomic E-state index is 14.0. The highest BCUT2D eigenvalue weighted by molar-refractivity contribution is 7.09. The van der Waals surface area contributed by atoms with Crippen molar-refractivity contribution < 1.29 is 33.4 Å². The number of methoxy groups -OCH3 is 1. The fraction of sp³-hybridized carbons (Fsp3) is 0.514. The van der Waals surface area contributed by atoms with Gasteiger partial charge < -0.3 is 25.0 Å². The number of carbonyl (C=O) groups excluding carboxylic acids is 5. The quantitative estimate of drug-likeness (QED) is 0.174. The molecule has 1 aromatic carbocycles. The van der Waals surface area contributed by atoms with E-state index < -0.39 is 41.9 Å². The van der Waals surface area contributed by atoms with Crippen molar-refractivity contribution in [1.82, 2.24) is 30.5 Å². The summed E-state index contributed by atoms with van der Waals surface area (Å²) in [7, 11) is 3.00. The number of hydrogen-bond donors (Lipinski definition) is 2. The second kappa shape index (κ2) is 19.6. The fourth-order valence-electron chi connectivity index (χ4n) is 5.80. The molecule has 0 bridgehead atoms. The molecule has 3 aromatic rings. The number of benzene rings is 1. The van der Waals surface area contributed by atoms with Crippen molar-refractivity contribution in [3.05, 3.63) is 76.3 Å². The number of carbonyl (C=O) groups is 5. The van der Waals surface area contributed by atoms with Crippen molar-refractivity contribution in [2.24, 2.45) is 17.8 Å². The van der Waals surface area contributed by atoms with Crippen LogP contribution in [-0.4, -0.2) is 81.8 Å². The van der Waals surface area contributed by atoms with E-state index in [0.717, 1.165) is 5.56 Å². The number of aromatic nitrogens is 3. The summed E-state index contributed by atoms with van der Waals surface area (Å²) in [4.78, 5) is 79.2. The summed E-state index contributed by atoms with van der Waals surface area (Å²) >= 11 is 1.18. The average Bonchev–Trinajstić information content (AvgIpc) is 3.62. The van der Waals surface area contributed by atoms with Crippen molar-refractivity contribution in [3.8, 4) is 0 Å². The maximum Gasteiger partial charge on any atom is 0.308 e. The van der Waals surface area contributed by atoms with Gasteiger partial charge in [0.2, 0.25) is 11.7 Å². The highest BCUT2D eigenvalue weighted by atomic mass is 32.1. The first-order valence-electron chi connectivity index (χ1n) is 17.1. The normalized spacial score (nSPS) is 14.7. The smallest absolute Gasteiger partial charge is 0.308 e. The van der Waals surface area contributed by atoms with Crippen LogP contribution in [-0.2, 0) is 30.3 Å². The Kier molecular flexibility index (Phi) is 15.7. The number of hydrogen-bond acceptors (Lipinski definition) is 11. The third-order valence-corrected chi connectivity index (χ3v) is 9.78. The fourth-order valence-corrected chi connectivity index (χ4v) is 6.64. The molecule has 0 saturated heterocycles. The van der Waals surface area contributed by atoms with E-state index in [1.165, 1.54) is 37.8 Å². The van der Waals surface area contributed by atoms with Crippen molar-refractivity contribution >= 4 is 41.0 Å². The number of rotatable bonds is 18. The second-order valence-electron chi connectivity index (χ2n) is 13.1. The van der Waals surface area contributed by atoms with Gasteiger partial charge in [-0.25, -0.2) is 15.0 Å². The summed E-state index contributed by atoms with van der Waals surface area (Å²) in [6.07, 6.45) is 3.73. The summed E-state index contributed by atoms with van der Waals surface area (Å²) in [6.45, 7) is 10.8. The zero-order valence-corrected chi connectivity index (χ0v) is 31.4. The molecule has 14 heteroatoms. The lowest BCUT2D eigenvalue weighted by Crippen LogP contribution is -2.54. The van der Waals surface area contributed by atoms with Crippen LogP contribution in [0.5, 0.6) is 0 Å². The number of ether oxygens (including phenoxy) is 2. The largest absolute Gasteiger partial charge is 0.469 e. The molecule has 0 aliphatic heterocycles. The lowest BCUT2D eigenvalue weighted by molar-refractivity contribution is -0.149. The number of thiazole rings is 1. The molecule has 1 unspecified atom stereocenters. The minimum Gasteiger partial charge on any atom is -0.469 e. The van der Waals surface area contributed by atoms with Crippen molar-refractivity contribution in [2.45, 2.75) is 91.5 Å². The Morgan fingerprint density at radius 2 is 1.59 bits per heavy atom. The molecule has 276 valence electrons. The number of nitrogens with one attached hydrogen (secondary N) is 2. The molecular weight excluding hydrogens is 673 g/mol. The molecule has 3 rings (SSSR count). The Balaban J connectivity index is 1.82. The Morgan fingerprint density at radius 3 is 2.18 bits per heavy atom. The minimum absolute atomic E-state index is 0.0374. The Hall–Kier alpha value is -4.72. The molecule has 0 saturated carbocycles. The van der Waals surface area contributed by atoms with E-state index in [0.29, 0.717) is 24.3 Å². The molecule has 2 aromatic heterocycles. The van der Waals surface area contributed by atoms with Crippen LogP contribution >= 0.6 is 11.3 Å². The van der Waals surface area contributed by atoms with Crippen LogP contribution in [0.1, 0.15) is 98.6 Å². The van der Waals surface area contributed by atoms with Crippen LogP contribution in [0.25, 0.3) is 0 Å². The van der Waals surface area contributed by atoms with Crippen molar-refractivity contribution in [2.75, 3.05) is 14.2 Å². The summed E-state index contributed by atoms with van der Waals surface area (Å²) in [5.41, 5.74) is 1.14.